The number of hydrogen-bond acceptors (Lipinski definition) is 3. The Hall–Kier alpha value is -1.65. The Kier molecular flexibility index (Phi) is 5.41. The van der Waals surface area contributed by atoms with Crippen LogP contribution in [0.5, 0.6) is 0 Å². The lowest BCUT2D eigenvalue weighted by molar-refractivity contribution is 0.313. The van der Waals surface area contributed by atoms with E-state index in [4.69, 9.17) is 10.8 Å². The highest BCUT2D eigenvalue weighted by Gasteiger charge is 2.33. The van der Waals surface area contributed by atoms with E-state index in [1.165, 1.54) is 48.9 Å². The zero-order valence-electron chi connectivity index (χ0n) is 16.0. The summed E-state index contributed by atoms with van der Waals surface area (Å²) in [5.41, 5.74) is 10.4. The molecule has 0 unspecified atom stereocenters. The topological polar surface area (TPSA) is 47.1 Å². The Labute approximate surface area is 157 Å². The molecule has 4 rings (SSSR count). The van der Waals surface area contributed by atoms with Crippen LogP contribution in [0.4, 0.5) is 0 Å². The second-order valence-electron chi connectivity index (χ2n) is 8.26. The molecule has 1 aliphatic carbocycles. The van der Waals surface area contributed by atoms with Gasteiger partial charge in [-0.3, -0.25) is 9.58 Å². The fraction of sp³-hybridized carbons (Fsp3) is 0.591. The predicted molar refractivity (Wildman–Crippen MR) is 106 cm³/mol. The first-order chi connectivity index (χ1) is 12.7. The minimum Gasteiger partial charge on any atom is -0.330 e. The van der Waals surface area contributed by atoms with Gasteiger partial charge in [0, 0.05) is 50.3 Å². The molecule has 140 valence electrons. The van der Waals surface area contributed by atoms with Crippen molar-refractivity contribution in [2.24, 2.45) is 18.7 Å². The van der Waals surface area contributed by atoms with Gasteiger partial charge < -0.3 is 5.73 Å². The number of nitrogens with two attached hydrogens (primary N) is 1. The Bertz CT molecular complexity index is 702. The van der Waals surface area contributed by atoms with E-state index in [0.717, 1.165) is 26.2 Å². The van der Waals surface area contributed by atoms with Crippen LogP contribution in [-0.4, -0.2) is 34.3 Å². The fourth-order valence-electron chi connectivity index (χ4n) is 5.04. The first-order valence-electron chi connectivity index (χ1n) is 10.2. The van der Waals surface area contributed by atoms with Gasteiger partial charge in [-0.1, -0.05) is 49.6 Å². The molecule has 2 N–H and O–H groups in total. The predicted octanol–water partition coefficient (Wildman–Crippen LogP) is 3.64. The van der Waals surface area contributed by atoms with Crippen molar-refractivity contribution in [2.45, 2.75) is 50.5 Å². The van der Waals surface area contributed by atoms with E-state index in [0.29, 0.717) is 17.8 Å². The van der Waals surface area contributed by atoms with Crippen LogP contribution < -0.4 is 5.73 Å². The summed E-state index contributed by atoms with van der Waals surface area (Å²) in [4.78, 5) is 2.60. The van der Waals surface area contributed by atoms with Crippen molar-refractivity contribution in [3.8, 4) is 0 Å². The zero-order valence-corrected chi connectivity index (χ0v) is 16.0. The van der Waals surface area contributed by atoms with Crippen molar-refractivity contribution >= 4 is 0 Å². The lowest BCUT2D eigenvalue weighted by Gasteiger charge is -2.22. The van der Waals surface area contributed by atoms with E-state index < -0.39 is 0 Å². The van der Waals surface area contributed by atoms with Crippen LogP contribution in [-0.2, 0) is 13.6 Å². The molecule has 26 heavy (non-hydrogen) atoms. The Morgan fingerprint density at radius 2 is 1.85 bits per heavy atom. The third kappa shape index (κ3) is 3.72. The maximum atomic E-state index is 6.12. The molecule has 1 aromatic carbocycles. The van der Waals surface area contributed by atoms with Crippen molar-refractivity contribution in [3.63, 3.8) is 0 Å². The standard InChI is InChI=1S/C22H32N4/c1-25-13-20(22(24-25)18-10-6-3-7-11-18)15-26-14-19(12-23)21(16-26)17-8-4-2-5-9-17/h2,4-5,8-9,13,18-19,21H,3,6-7,10-12,14-16,23H2,1H3/t19-,21+/m1/s1. The monoisotopic (exact) mass is 352 g/mol. The van der Waals surface area contributed by atoms with Gasteiger partial charge >= 0.3 is 0 Å². The van der Waals surface area contributed by atoms with Crippen LogP contribution in [0.25, 0.3) is 0 Å². The van der Waals surface area contributed by atoms with E-state index in [-0.39, 0.29) is 0 Å². The van der Waals surface area contributed by atoms with Crippen LogP contribution in [0.3, 0.4) is 0 Å². The Morgan fingerprint density at radius 1 is 1.08 bits per heavy atom. The average Bonchev–Trinajstić information content (AvgIpc) is 3.26. The van der Waals surface area contributed by atoms with Crippen molar-refractivity contribution in [3.05, 3.63) is 53.3 Å². The molecule has 1 aliphatic heterocycles. The third-order valence-electron chi connectivity index (χ3n) is 6.37. The van der Waals surface area contributed by atoms with Gasteiger partial charge in [0.15, 0.2) is 0 Å². The molecule has 2 atom stereocenters. The van der Waals surface area contributed by atoms with Crippen LogP contribution in [0, 0.1) is 5.92 Å². The molecule has 2 heterocycles. The quantitative estimate of drug-likeness (QED) is 0.894. The maximum Gasteiger partial charge on any atom is 0.0700 e. The minimum atomic E-state index is 0.548. The molecule has 2 aliphatic rings. The smallest absolute Gasteiger partial charge is 0.0700 e. The van der Waals surface area contributed by atoms with Gasteiger partial charge in [0.1, 0.15) is 0 Å². The summed E-state index contributed by atoms with van der Waals surface area (Å²) in [5.74, 6) is 1.76. The molecular formula is C22H32N4. The normalized spacial score (nSPS) is 25.0. The van der Waals surface area contributed by atoms with E-state index in [9.17, 15) is 0 Å². The van der Waals surface area contributed by atoms with Crippen LogP contribution in [0.15, 0.2) is 36.5 Å². The van der Waals surface area contributed by atoms with Gasteiger partial charge in [-0.2, -0.15) is 5.10 Å². The molecule has 1 saturated carbocycles. The molecule has 0 radical (unpaired) electrons. The van der Waals surface area contributed by atoms with Crippen molar-refractivity contribution in [2.75, 3.05) is 19.6 Å². The maximum absolute atomic E-state index is 6.12. The average molecular weight is 353 g/mol. The lowest BCUT2D eigenvalue weighted by atomic mass is 9.85. The summed E-state index contributed by atoms with van der Waals surface area (Å²) < 4.78 is 2.02. The number of aryl methyl sites for hydroxylation is 1. The number of rotatable bonds is 5. The van der Waals surface area contributed by atoms with Crippen molar-refractivity contribution < 1.29 is 0 Å². The van der Waals surface area contributed by atoms with Gasteiger partial charge in [0.05, 0.1) is 5.69 Å². The first-order valence-corrected chi connectivity index (χ1v) is 10.2. The SMILES string of the molecule is Cn1cc(CN2C[C@@H](CN)[C@H](c3ccccc3)C2)c(C2CCCCC2)n1. The molecule has 4 nitrogen and oxygen atoms in total. The highest BCUT2D eigenvalue weighted by molar-refractivity contribution is 5.25. The largest absolute Gasteiger partial charge is 0.330 e. The molecule has 2 aromatic rings. The summed E-state index contributed by atoms with van der Waals surface area (Å²) in [6.07, 6.45) is 8.97. The van der Waals surface area contributed by atoms with Gasteiger partial charge in [0.25, 0.3) is 0 Å². The summed E-state index contributed by atoms with van der Waals surface area (Å²) in [6.45, 7) is 3.97. The fourth-order valence-corrected chi connectivity index (χ4v) is 5.04. The van der Waals surface area contributed by atoms with E-state index >= 15 is 0 Å². The molecule has 4 heteroatoms. The molecule has 0 bridgehead atoms. The van der Waals surface area contributed by atoms with Gasteiger partial charge in [0.2, 0.25) is 0 Å². The number of hydrogen-bond donors (Lipinski definition) is 1. The van der Waals surface area contributed by atoms with E-state index in [1.54, 1.807) is 0 Å². The van der Waals surface area contributed by atoms with Crippen LogP contribution in [0.2, 0.25) is 0 Å². The Balaban J connectivity index is 1.49. The second-order valence-corrected chi connectivity index (χ2v) is 8.26. The molecule has 1 aromatic heterocycles. The van der Waals surface area contributed by atoms with Gasteiger partial charge in [-0.25, -0.2) is 0 Å². The van der Waals surface area contributed by atoms with Gasteiger partial charge in [-0.15, -0.1) is 0 Å². The van der Waals surface area contributed by atoms with E-state index in [1.807, 2.05) is 4.68 Å². The number of nitrogens with zero attached hydrogens (tertiary/aromatic N) is 3. The Morgan fingerprint density at radius 3 is 2.58 bits per heavy atom. The number of likely N-dealkylation sites (tertiary alicyclic amines) is 1. The van der Waals surface area contributed by atoms with E-state index in [2.05, 4.69) is 48.5 Å². The van der Waals surface area contributed by atoms with Crippen LogP contribution in [0.1, 0.15) is 60.8 Å². The van der Waals surface area contributed by atoms with Crippen molar-refractivity contribution in [1.82, 2.24) is 14.7 Å². The summed E-state index contributed by atoms with van der Waals surface area (Å²) in [5, 5.41) is 4.86. The molecule has 0 amide bonds. The highest BCUT2D eigenvalue weighted by atomic mass is 15.3. The number of benzene rings is 1. The van der Waals surface area contributed by atoms with Gasteiger partial charge in [-0.05, 0) is 30.9 Å². The zero-order chi connectivity index (χ0) is 17.9. The number of aromatic nitrogens is 2. The summed E-state index contributed by atoms with van der Waals surface area (Å²) in [7, 11) is 2.06. The van der Waals surface area contributed by atoms with Crippen LogP contribution >= 0.6 is 0 Å². The highest BCUT2D eigenvalue weighted by Crippen LogP contribution is 2.36. The molecule has 1 saturated heterocycles. The first kappa shape index (κ1) is 17.7. The summed E-state index contributed by atoms with van der Waals surface area (Å²) >= 11 is 0. The molecule has 0 spiro atoms. The molecule has 2 fully saturated rings. The second kappa shape index (κ2) is 7.93. The van der Waals surface area contributed by atoms with Crippen molar-refractivity contribution in [1.29, 1.82) is 0 Å². The molecular weight excluding hydrogens is 320 g/mol. The summed E-state index contributed by atoms with van der Waals surface area (Å²) in [6, 6.07) is 10.9. The minimum absolute atomic E-state index is 0.548. The lowest BCUT2D eigenvalue weighted by Crippen LogP contribution is -2.23. The third-order valence-corrected chi connectivity index (χ3v) is 6.37.